The van der Waals surface area contributed by atoms with Crippen molar-refractivity contribution in [3.8, 4) is 0 Å². The maximum Gasteiger partial charge on any atom is 0.256 e. The predicted molar refractivity (Wildman–Crippen MR) is 96.2 cm³/mol. The van der Waals surface area contributed by atoms with Crippen LogP contribution in [0.2, 0.25) is 0 Å². The number of halogens is 1. The molecule has 1 aromatic rings. The van der Waals surface area contributed by atoms with Crippen molar-refractivity contribution in [1.29, 1.82) is 0 Å². The first-order valence-electron chi connectivity index (χ1n) is 9.46. The van der Waals surface area contributed by atoms with Crippen LogP contribution in [0.25, 0.3) is 0 Å². The molecule has 3 fully saturated rings. The monoisotopic (exact) mass is 359 g/mol. The first-order valence-corrected chi connectivity index (χ1v) is 9.46. The van der Waals surface area contributed by atoms with Crippen LogP contribution in [0.3, 0.4) is 0 Å². The molecule has 1 saturated carbocycles. The molecule has 5 nitrogen and oxygen atoms in total. The number of carbonyl (C=O) groups excluding carboxylic acids is 2. The highest BCUT2D eigenvalue weighted by Crippen LogP contribution is 2.34. The van der Waals surface area contributed by atoms with Crippen molar-refractivity contribution in [3.63, 3.8) is 0 Å². The second-order valence-electron chi connectivity index (χ2n) is 8.38. The summed E-state index contributed by atoms with van der Waals surface area (Å²) in [6.07, 6.45) is 2.01. The molecule has 26 heavy (non-hydrogen) atoms. The molecule has 0 aromatic heterocycles. The lowest BCUT2D eigenvalue weighted by Gasteiger charge is -2.55. The zero-order valence-corrected chi connectivity index (χ0v) is 15.4. The molecule has 0 N–H and O–H groups in total. The van der Waals surface area contributed by atoms with Crippen molar-refractivity contribution in [2.45, 2.75) is 38.3 Å². The topological polar surface area (TPSA) is 43.9 Å². The van der Waals surface area contributed by atoms with E-state index >= 15 is 0 Å². The molecular weight excluding hydrogens is 333 g/mol. The molecule has 2 saturated heterocycles. The van der Waals surface area contributed by atoms with Gasteiger partial charge in [0.05, 0.1) is 5.56 Å². The van der Waals surface area contributed by atoms with E-state index in [9.17, 15) is 14.0 Å². The third kappa shape index (κ3) is 3.11. The molecule has 3 aliphatic rings. The Balaban J connectivity index is 1.53. The van der Waals surface area contributed by atoms with E-state index in [0.29, 0.717) is 19.6 Å². The number of benzene rings is 1. The molecule has 2 aliphatic heterocycles. The molecule has 2 heterocycles. The van der Waals surface area contributed by atoms with Crippen molar-refractivity contribution >= 4 is 11.8 Å². The maximum atomic E-state index is 14.1. The summed E-state index contributed by atoms with van der Waals surface area (Å²) in [7, 11) is 0. The van der Waals surface area contributed by atoms with Crippen LogP contribution in [0.4, 0.5) is 4.39 Å². The van der Waals surface area contributed by atoms with Crippen LogP contribution in [-0.4, -0.2) is 70.8 Å². The van der Waals surface area contributed by atoms with Crippen LogP contribution in [-0.2, 0) is 4.79 Å². The predicted octanol–water partition coefficient (Wildman–Crippen LogP) is 1.98. The summed E-state index contributed by atoms with van der Waals surface area (Å²) >= 11 is 0. The Labute approximate surface area is 153 Å². The summed E-state index contributed by atoms with van der Waals surface area (Å²) in [5.41, 5.74) is -0.0723. The molecule has 1 aliphatic carbocycles. The zero-order chi connectivity index (χ0) is 18.5. The number of fused-ring (bicyclic) bond motifs is 1. The number of hydrogen-bond acceptors (Lipinski definition) is 3. The van der Waals surface area contributed by atoms with Crippen molar-refractivity contribution in [2.24, 2.45) is 5.92 Å². The van der Waals surface area contributed by atoms with E-state index in [1.807, 2.05) is 4.90 Å². The van der Waals surface area contributed by atoms with Gasteiger partial charge in [0.25, 0.3) is 5.91 Å². The number of nitrogens with zero attached hydrogens (tertiary/aromatic N) is 3. The first-order chi connectivity index (χ1) is 12.4. The Hall–Kier alpha value is -1.95. The minimum absolute atomic E-state index is 0.103. The molecule has 4 rings (SSSR count). The van der Waals surface area contributed by atoms with E-state index in [-0.39, 0.29) is 34.9 Å². The van der Waals surface area contributed by atoms with E-state index in [2.05, 4.69) is 18.7 Å². The van der Waals surface area contributed by atoms with Gasteiger partial charge in [-0.1, -0.05) is 12.1 Å². The summed E-state index contributed by atoms with van der Waals surface area (Å²) in [6.45, 7) is 7.59. The number of piperazine rings is 2. The minimum atomic E-state index is -0.480. The Morgan fingerprint density at radius 3 is 2.46 bits per heavy atom. The zero-order valence-electron chi connectivity index (χ0n) is 15.4. The van der Waals surface area contributed by atoms with Gasteiger partial charge < -0.3 is 9.80 Å². The van der Waals surface area contributed by atoms with Gasteiger partial charge in [-0.3, -0.25) is 14.5 Å². The van der Waals surface area contributed by atoms with E-state index in [1.54, 1.807) is 23.1 Å². The number of amides is 2. The smallest absolute Gasteiger partial charge is 0.256 e. The Bertz CT molecular complexity index is 732. The third-order valence-corrected chi connectivity index (χ3v) is 5.90. The molecule has 2 amide bonds. The van der Waals surface area contributed by atoms with Crippen molar-refractivity contribution in [3.05, 3.63) is 35.6 Å². The fraction of sp³-hybridized carbons (Fsp3) is 0.600. The lowest BCUT2D eigenvalue weighted by Crippen LogP contribution is -2.70. The van der Waals surface area contributed by atoms with Gasteiger partial charge >= 0.3 is 0 Å². The summed E-state index contributed by atoms with van der Waals surface area (Å²) in [6, 6.07) is 6.25. The van der Waals surface area contributed by atoms with Gasteiger partial charge in [0.15, 0.2) is 0 Å². The van der Waals surface area contributed by atoms with Crippen LogP contribution in [0.5, 0.6) is 0 Å². The fourth-order valence-electron chi connectivity index (χ4n) is 4.43. The van der Waals surface area contributed by atoms with Crippen molar-refractivity contribution in [2.75, 3.05) is 32.7 Å². The van der Waals surface area contributed by atoms with E-state index in [4.69, 9.17) is 0 Å². The molecule has 1 aromatic carbocycles. The average molecular weight is 359 g/mol. The van der Waals surface area contributed by atoms with Crippen LogP contribution in [0.1, 0.15) is 37.0 Å². The number of hydrogen-bond donors (Lipinski definition) is 0. The maximum absolute atomic E-state index is 14.1. The molecular formula is C20H26FN3O2. The lowest BCUT2D eigenvalue weighted by atomic mass is 9.92. The van der Waals surface area contributed by atoms with Crippen molar-refractivity contribution < 1.29 is 14.0 Å². The highest BCUT2D eigenvalue weighted by atomic mass is 19.1. The SMILES string of the molecule is CC1(C)CN(C(=O)c2ccccc2F)C[C@@H]2CN(C(=O)C3CC3)CCN21. The van der Waals surface area contributed by atoms with Gasteiger partial charge in [0.1, 0.15) is 5.82 Å². The number of rotatable bonds is 2. The summed E-state index contributed by atoms with van der Waals surface area (Å²) < 4.78 is 14.1. The van der Waals surface area contributed by atoms with Gasteiger partial charge in [0.2, 0.25) is 5.91 Å². The largest absolute Gasteiger partial charge is 0.340 e. The Kier molecular flexibility index (Phi) is 4.26. The lowest BCUT2D eigenvalue weighted by molar-refractivity contribution is -0.139. The highest BCUT2D eigenvalue weighted by molar-refractivity contribution is 5.94. The van der Waals surface area contributed by atoms with Crippen molar-refractivity contribution in [1.82, 2.24) is 14.7 Å². The van der Waals surface area contributed by atoms with Crippen LogP contribution in [0.15, 0.2) is 24.3 Å². The highest BCUT2D eigenvalue weighted by Gasteiger charge is 2.46. The Morgan fingerprint density at radius 1 is 1.08 bits per heavy atom. The number of carbonyl (C=O) groups is 2. The van der Waals surface area contributed by atoms with Gasteiger partial charge in [0, 0.05) is 50.2 Å². The van der Waals surface area contributed by atoms with E-state index in [0.717, 1.165) is 25.9 Å². The quantitative estimate of drug-likeness (QED) is 0.811. The third-order valence-electron chi connectivity index (χ3n) is 5.90. The van der Waals surface area contributed by atoms with Crippen LogP contribution in [0, 0.1) is 11.7 Å². The van der Waals surface area contributed by atoms with Gasteiger partial charge in [-0.15, -0.1) is 0 Å². The standard InChI is InChI=1S/C20H26FN3O2/c1-20(2)13-23(19(26)16-5-3-4-6-17(16)21)12-15-11-22(9-10-24(15)20)18(25)14-7-8-14/h3-6,14-15H,7-13H2,1-2H3/t15-/m0/s1. The molecule has 0 spiro atoms. The Morgan fingerprint density at radius 2 is 1.77 bits per heavy atom. The molecule has 1 atom stereocenters. The summed E-state index contributed by atoms with van der Waals surface area (Å²) in [5.74, 6) is -0.261. The molecule has 6 heteroatoms. The average Bonchev–Trinajstić information content (AvgIpc) is 3.45. The van der Waals surface area contributed by atoms with E-state index in [1.165, 1.54) is 6.07 Å². The normalized spacial score (nSPS) is 25.7. The van der Waals surface area contributed by atoms with Crippen LogP contribution >= 0.6 is 0 Å². The van der Waals surface area contributed by atoms with Gasteiger partial charge in [-0.25, -0.2) is 4.39 Å². The molecule has 0 radical (unpaired) electrons. The molecule has 0 bridgehead atoms. The first kappa shape index (κ1) is 17.5. The fourth-order valence-corrected chi connectivity index (χ4v) is 4.43. The second kappa shape index (κ2) is 6.34. The minimum Gasteiger partial charge on any atom is -0.340 e. The summed E-state index contributed by atoms with van der Waals surface area (Å²) in [5, 5.41) is 0. The second-order valence-corrected chi connectivity index (χ2v) is 8.38. The van der Waals surface area contributed by atoms with Gasteiger partial charge in [-0.2, -0.15) is 0 Å². The molecule has 140 valence electrons. The van der Waals surface area contributed by atoms with Crippen LogP contribution < -0.4 is 0 Å². The van der Waals surface area contributed by atoms with E-state index < -0.39 is 5.82 Å². The molecule has 0 unspecified atom stereocenters. The summed E-state index contributed by atoms with van der Waals surface area (Å²) in [4.78, 5) is 31.5. The van der Waals surface area contributed by atoms with Gasteiger partial charge in [-0.05, 0) is 38.8 Å².